The highest BCUT2D eigenvalue weighted by Crippen LogP contribution is 2.37. The summed E-state index contributed by atoms with van der Waals surface area (Å²) in [5.41, 5.74) is 1.45. The fraction of sp³-hybridized carbons (Fsp3) is 0.520. The van der Waals surface area contributed by atoms with Crippen molar-refractivity contribution in [2.24, 2.45) is 11.8 Å². The Balaban J connectivity index is 0.00000392. The lowest BCUT2D eigenvalue weighted by Gasteiger charge is -2.50. The van der Waals surface area contributed by atoms with Crippen LogP contribution in [0.5, 0.6) is 5.75 Å². The number of quaternary nitrogens is 1. The van der Waals surface area contributed by atoms with Crippen LogP contribution in [-0.2, 0) is 6.54 Å². The molecule has 0 atom stereocenters. The molecular weight excluding hydrogens is 366 g/mol. The van der Waals surface area contributed by atoms with Crippen LogP contribution >= 0.6 is 0 Å². The summed E-state index contributed by atoms with van der Waals surface area (Å²) in [4.78, 5) is 0. The quantitative estimate of drug-likeness (QED) is 0.553. The fourth-order valence-corrected chi connectivity index (χ4v) is 4.33. The van der Waals surface area contributed by atoms with E-state index in [1.165, 1.54) is 5.56 Å². The smallest absolute Gasteiger partial charge is 0.143 e. The van der Waals surface area contributed by atoms with E-state index in [0.29, 0.717) is 11.8 Å². The van der Waals surface area contributed by atoms with Crippen LogP contribution in [0.1, 0.15) is 46.1 Å². The number of nitrogens with zero attached hydrogens (tertiary/aromatic N) is 1. The molecule has 0 N–H and O–H groups in total. The van der Waals surface area contributed by atoms with Gasteiger partial charge in [0.1, 0.15) is 24.4 Å². The van der Waals surface area contributed by atoms with Crippen LogP contribution in [-0.4, -0.2) is 30.7 Å². The standard InChI is InChI=1S/C25H38NO.ClH/c1-21(2)17-25(18-22(3)4,20-27-24-15-11-8-12-16-24)26(5,6)19-23-13-9-7-10-14-23;/h7-16,21-22H,17-20H2,1-6H3;1H/q+1;/p-1. The summed E-state index contributed by atoms with van der Waals surface area (Å²) < 4.78 is 7.31. The molecule has 2 aromatic rings. The zero-order valence-corrected chi connectivity index (χ0v) is 19.2. The molecule has 0 aromatic heterocycles. The maximum absolute atomic E-state index is 6.38. The van der Waals surface area contributed by atoms with Gasteiger partial charge in [-0.05, 0) is 24.0 Å². The molecule has 0 radical (unpaired) electrons. The maximum Gasteiger partial charge on any atom is 0.143 e. The van der Waals surface area contributed by atoms with Crippen molar-refractivity contribution in [3.8, 4) is 5.75 Å². The molecule has 0 saturated heterocycles. The fourth-order valence-electron chi connectivity index (χ4n) is 4.33. The number of benzene rings is 2. The van der Waals surface area contributed by atoms with Gasteiger partial charge in [0.05, 0.1) is 14.1 Å². The molecule has 0 unspecified atom stereocenters. The SMILES string of the molecule is CC(C)CC(COc1ccccc1)(CC(C)C)[N+](C)(C)Cc1ccccc1.[Cl-]. The summed E-state index contributed by atoms with van der Waals surface area (Å²) >= 11 is 0. The Labute approximate surface area is 178 Å². The zero-order chi connectivity index (χ0) is 19.9. The number of halogens is 1. The van der Waals surface area contributed by atoms with Gasteiger partial charge in [0.2, 0.25) is 0 Å². The molecule has 2 nitrogen and oxygen atoms in total. The van der Waals surface area contributed by atoms with Gasteiger partial charge in [-0.1, -0.05) is 76.2 Å². The Hall–Kier alpha value is -1.51. The number of rotatable bonds is 10. The highest BCUT2D eigenvalue weighted by atomic mass is 35.5. The van der Waals surface area contributed by atoms with E-state index in [4.69, 9.17) is 4.74 Å². The predicted molar refractivity (Wildman–Crippen MR) is 116 cm³/mol. The van der Waals surface area contributed by atoms with E-state index in [9.17, 15) is 0 Å². The van der Waals surface area contributed by atoms with Crippen LogP contribution in [0.25, 0.3) is 0 Å². The van der Waals surface area contributed by atoms with Gasteiger partial charge in [0, 0.05) is 18.4 Å². The van der Waals surface area contributed by atoms with Gasteiger partial charge < -0.3 is 21.6 Å². The highest BCUT2D eigenvalue weighted by Gasteiger charge is 2.47. The number of likely N-dealkylation sites (N-methyl/N-ethyl adjacent to an activating group) is 1. The summed E-state index contributed by atoms with van der Waals surface area (Å²) in [6.45, 7) is 11.1. The lowest BCUT2D eigenvalue weighted by Crippen LogP contribution is -3.00. The Morgan fingerprint density at radius 1 is 0.786 bits per heavy atom. The molecule has 3 heteroatoms. The van der Waals surface area contributed by atoms with Crippen LogP contribution in [0.2, 0.25) is 0 Å². The van der Waals surface area contributed by atoms with Gasteiger partial charge in [-0.25, -0.2) is 0 Å². The summed E-state index contributed by atoms with van der Waals surface area (Å²) in [6, 6.07) is 21.1. The molecule has 0 saturated carbocycles. The molecule has 0 aliphatic carbocycles. The Kier molecular flexibility index (Phi) is 9.53. The van der Waals surface area contributed by atoms with Crippen molar-refractivity contribution in [3.05, 3.63) is 66.2 Å². The molecule has 28 heavy (non-hydrogen) atoms. The molecular formula is C25H38ClNO. The minimum absolute atomic E-state index is 0. The molecule has 0 spiro atoms. The van der Waals surface area contributed by atoms with Gasteiger partial charge in [-0.2, -0.15) is 0 Å². The number of hydrogen-bond donors (Lipinski definition) is 0. The summed E-state index contributed by atoms with van der Waals surface area (Å²) in [5.74, 6) is 2.21. The second-order valence-corrected chi connectivity index (χ2v) is 9.35. The second kappa shape index (κ2) is 10.9. The van der Waals surface area contributed by atoms with Crippen LogP contribution in [0.4, 0.5) is 0 Å². The predicted octanol–water partition coefficient (Wildman–Crippen LogP) is 3.18. The van der Waals surface area contributed by atoms with Crippen molar-refractivity contribution in [1.82, 2.24) is 0 Å². The van der Waals surface area contributed by atoms with Crippen LogP contribution < -0.4 is 17.1 Å². The van der Waals surface area contributed by atoms with E-state index < -0.39 is 0 Å². The Morgan fingerprint density at radius 2 is 1.25 bits per heavy atom. The largest absolute Gasteiger partial charge is 1.00 e. The van der Waals surface area contributed by atoms with Gasteiger partial charge in [0.15, 0.2) is 0 Å². The summed E-state index contributed by atoms with van der Waals surface area (Å²) in [5, 5.41) is 0. The maximum atomic E-state index is 6.38. The van der Waals surface area contributed by atoms with E-state index in [1.54, 1.807) is 0 Å². The van der Waals surface area contributed by atoms with Gasteiger partial charge >= 0.3 is 0 Å². The van der Waals surface area contributed by atoms with Gasteiger partial charge in [-0.15, -0.1) is 0 Å². The first-order valence-corrected chi connectivity index (χ1v) is 10.3. The van der Waals surface area contributed by atoms with E-state index in [2.05, 4.69) is 84.3 Å². The van der Waals surface area contributed by atoms with E-state index >= 15 is 0 Å². The van der Waals surface area contributed by atoms with Gasteiger partial charge in [-0.3, -0.25) is 0 Å². The molecule has 0 amide bonds. The average Bonchev–Trinajstić information content (AvgIpc) is 2.60. The van der Waals surface area contributed by atoms with Crippen molar-refractivity contribution in [2.75, 3.05) is 20.7 Å². The molecule has 0 bridgehead atoms. The Bertz CT molecular complexity index is 657. The van der Waals surface area contributed by atoms with Gasteiger partial charge in [0.25, 0.3) is 0 Å². The molecule has 0 aliphatic heterocycles. The van der Waals surface area contributed by atoms with E-state index in [-0.39, 0.29) is 17.9 Å². The normalized spacial score (nSPS) is 12.1. The molecule has 156 valence electrons. The van der Waals surface area contributed by atoms with Crippen molar-refractivity contribution in [2.45, 2.75) is 52.6 Å². The van der Waals surface area contributed by atoms with Crippen molar-refractivity contribution >= 4 is 0 Å². The summed E-state index contributed by atoms with van der Waals surface area (Å²) in [6.07, 6.45) is 2.30. The van der Waals surface area contributed by atoms with Crippen molar-refractivity contribution in [3.63, 3.8) is 0 Å². The molecule has 0 heterocycles. The monoisotopic (exact) mass is 403 g/mol. The van der Waals surface area contributed by atoms with Crippen LogP contribution in [0, 0.1) is 11.8 Å². The zero-order valence-electron chi connectivity index (χ0n) is 18.5. The number of ether oxygens (including phenoxy) is 1. The highest BCUT2D eigenvalue weighted by molar-refractivity contribution is 5.21. The molecule has 0 aliphatic rings. The topological polar surface area (TPSA) is 9.23 Å². The first-order valence-electron chi connectivity index (χ1n) is 10.3. The van der Waals surface area contributed by atoms with Crippen molar-refractivity contribution in [1.29, 1.82) is 0 Å². The van der Waals surface area contributed by atoms with Crippen molar-refractivity contribution < 1.29 is 21.6 Å². The number of hydrogen-bond acceptors (Lipinski definition) is 1. The average molecular weight is 404 g/mol. The molecule has 2 rings (SSSR count). The van der Waals surface area contributed by atoms with Crippen LogP contribution in [0.15, 0.2) is 60.7 Å². The summed E-state index contributed by atoms with van der Waals surface area (Å²) in [7, 11) is 4.76. The minimum Gasteiger partial charge on any atom is -1.00 e. The minimum atomic E-state index is 0. The first kappa shape index (κ1) is 24.5. The van der Waals surface area contributed by atoms with E-state index in [1.807, 2.05) is 18.2 Å². The lowest BCUT2D eigenvalue weighted by atomic mass is 9.79. The second-order valence-electron chi connectivity index (χ2n) is 9.35. The number of para-hydroxylation sites is 1. The Morgan fingerprint density at radius 3 is 1.71 bits per heavy atom. The molecule has 0 fully saturated rings. The third-order valence-corrected chi connectivity index (χ3v) is 5.53. The third-order valence-electron chi connectivity index (χ3n) is 5.53. The molecule has 2 aromatic carbocycles. The first-order chi connectivity index (χ1) is 12.7. The van der Waals surface area contributed by atoms with Crippen LogP contribution in [0.3, 0.4) is 0 Å². The lowest BCUT2D eigenvalue weighted by molar-refractivity contribution is -0.956. The van der Waals surface area contributed by atoms with E-state index in [0.717, 1.165) is 36.2 Å². The third kappa shape index (κ3) is 6.83.